The van der Waals surface area contributed by atoms with Crippen LogP contribution in [0.4, 0.5) is 18.9 Å². The second-order valence-electron chi connectivity index (χ2n) is 2.28. The minimum absolute atomic E-state index is 0.0228. The summed E-state index contributed by atoms with van der Waals surface area (Å²) >= 11 is 5.42. The fourth-order valence-electron chi connectivity index (χ4n) is 0.774. The Morgan fingerprint density at radius 1 is 1.31 bits per heavy atom. The average Bonchev–Trinajstić information content (AvgIpc) is 2.02. The second-order valence-corrected chi connectivity index (χ2v) is 2.68. The van der Waals surface area contributed by atoms with Gasteiger partial charge >= 0.3 is 6.18 Å². The summed E-state index contributed by atoms with van der Waals surface area (Å²) in [4.78, 5) is 2.94. The smallest absolute Gasteiger partial charge is 0.237 e. The average molecular weight is 206 g/mol. The van der Waals surface area contributed by atoms with Gasteiger partial charge in [0, 0.05) is 5.02 Å². The molecule has 0 saturated heterocycles. The van der Waals surface area contributed by atoms with Crippen LogP contribution in [0.3, 0.4) is 0 Å². The van der Waals surface area contributed by atoms with Crippen molar-refractivity contribution in [3.05, 3.63) is 40.2 Å². The molecule has 5 heteroatoms. The van der Waals surface area contributed by atoms with Crippen LogP contribution in [-0.4, -0.2) is 0 Å². The summed E-state index contributed by atoms with van der Waals surface area (Å²) in [5.41, 5.74) is -0.820. The van der Waals surface area contributed by atoms with Crippen molar-refractivity contribution in [1.82, 2.24) is 0 Å². The molecule has 0 amide bonds. The number of hydrogen-bond donors (Lipinski definition) is 0. The number of alkyl halides is 3. The first-order chi connectivity index (χ1) is 5.95. The molecule has 1 aromatic rings. The van der Waals surface area contributed by atoms with E-state index in [-0.39, 0.29) is 10.7 Å². The largest absolute Gasteiger partial charge is 0.416 e. The van der Waals surface area contributed by atoms with Gasteiger partial charge in [-0.05, 0) is 6.07 Å². The third-order valence-electron chi connectivity index (χ3n) is 1.40. The second kappa shape index (κ2) is 3.27. The molecule has 0 unspecified atom stereocenters. The van der Waals surface area contributed by atoms with Crippen molar-refractivity contribution >= 4 is 17.3 Å². The van der Waals surface area contributed by atoms with E-state index in [1.54, 1.807) is 0 Å². The summed E-state index contributed by atoms with van der Waals surface area (Å²) < 4.78 is 36.2. The van der Waals surface area contributed by atoms with Gasteiger partial charge in [-0.1, -0.05) is 23.7 Å². The predicted molar refractivity (Wildman–Crippen MR) is 42.7 cm³/mol. The SMILES string of the molecule is [C-]#[N+]c1ccc(C(F)(F)F)cc1Cl. The van der Waals surface area contributed by atoms with E-state index < -0.39 is 11.7 Å². The van der Waals surface area contributed by atoms with E-state index in [4.69, 9.17) is 18.2 Å². The molecule has 0 N–H and O–H groups in total. The van der Waals surface area contributed by atoms with Gasteiger partial charge in [0.05, 0.1) is 12.1 Å². The van der Waals surface area contributed by atoms with Crippen LogP contribution in [-0.2, 0) is 6.18 Å². The quantitative estimate of drug-likeness (QED) is 0.566. The third kappa shape index (κ3) is 2.13. The van der Waals surface area contributed by atoms with Crippen LogP contribution in [0, 0.1) is 6.57 Å². The monoisotopic (exact) mass is 205 g/mol. The first kappa shape index (κ1) is 9.87. The molecule has 68 valence electrons. The van der Waals surface area contributed by atoms with Crippen molar-refractivity contribution in [3.8, 4) is 0 Å². The Morgan fingerprint density at radius 2 is 1.92 bits per heavy atom. The van der Waals surface area contributed by atoms with E-state index in [1.165, 1.54) is 0 Å². The normalized spacial score (nSPS) is 11.0. The lowest BCUT2D eigenvalue weighted by molar-refractivity contribution is -0.137. The third-order valence-corrected chi connectivity index (χ3v) is 1.70. The van der Waals surface area contributed by atoms with Gasteiger partial charge in [0.15, 0.2) is 0 Å². The number of hydrogen-bond acceptors (Lipinski definition) is 0. The first-order valence-electron chi connectivity index (χ1n) is 3.19. The van der Waals surface area contributed by atoms with Gasteiger partial charge in [-0.3, -0.25) is 0 Å². The Bertz CT molecular complexity index is 365. The van der Waals surface area contributed by atoms with Gasteiger partial charge in [-0.25, -0.2) is 4.85 Å². The lowest BCUT2D eigenvalue weighted by Crippen LogP contribution is -2.03. The number of nitrogens with zero attached hydrogens (tertiary/aromatic N) is 1. The zero-order valence-corrected chi connectivity index (χ0v) is 6.95. The van der Waals surface area contributed by atoms with Gasteiger partial charge in [0.2, 0.25) is 5.69 Å². The molecule has 0 atom stereocenters. The van der Waals surface area contributed by atoms with Crippen LogP contribution in [0.25, 0.3) is 4.85 Å². The van der Waals surface area contributed by atoms with Gasteiger partial charge in [0.25, 0.3) is 0 Å². The van der Waals surface area contributed by atoms with E-state index in [1.807, 2.05) is 0 Å². The fraction of sp³-hybridized carbons (Fsp3) is 0.125. The standard InChI is InChI=1S/C8H3ClF3N/c1-13-7-3-2-5(4-6(7)9)8(10,11)12/h2-4H. The molecule has 0 bridgehead atoms. The molecule has 0 aliphatic carbocycles. The Morgan fingerprint density at radius 3 is 2.31 bits per heavy atom. The molecule has 0 heterocycles. The van der Waals surface area contributed by atoms with E-state index in [9.17, 15) is 13.2 Å². The minimum atomic E-state index is -4.41. The van der Waals surface area contributed by atoms with Crippen molar-refractivity contribution in [2.45, 2.75) is 6.18 Å². The van der Waals surface area contributed by atoms with Gasteiger partial charge in [-0.15, -0.1) is 0 Å². The molecule has 0 aromatic heterocycles. The van der Waals surface area contributed by atoms with E-state index in [0.717, 1.165) is 18.2 Å². The molecule has 0 fully saturated rings. The van der Waals surface area contributed by atoms with Gasteiger partial charge in [0.1, 0.15) is 0 Å². The molecule has 0 aliphatic heterocycles. The number of halogens is 4. The zero-order chi connectivity index (χ0) is 10.1. The maximum atomic E-state index is 12.1. The Labute approximate surface area is 77.6 Å². The lowest BCUT2D eigenvalue weighted by Gasteiger charge is -2.06. The molecule has 1 rings (SSSR count). The van der Waals surface area contributed by atoms with Crippen molar-refractivity contribution in [2.75, 3.05) is 0 Å². The topological polar surface area (TPSA) is 4.36 Å². The molecule has 0 saturated carbocycles. The summed E-state index contributed by atoms with van der Waals surface area (Å²) in [6.45, 7) is 6.57. The summed E-state index contributed by atoms with van der Waals surface area (Å²) in [5, 5.41) is -0.176. The van der Waals surface area contributed by atoms with Crippen molar-refractivity contribution in [3.63, 3.8) is 0 Å². The van der Waals surface area contributed by atoms with Crippen molar-refractivity contribution < 1.29 is 13.2 Å². The van der Waals surface area contributed by atoms with Crippen LogP contribution >= 0.6 is 11.6 Å². The molecule has 0 aliphatic rings. The maximum Gasteiger partial charge on any atom is 0.416 e. The fourth-order valence-corrected chi connectivity index (χ4v) is 0.997. The highest BCUT2D eigenvalue weighted by atomic mass is 35.5. The first-order valence-corrected chi connectivity index (χ1v) is 3.57. The van der Waals surface area contributed by atoms with Crippen molar-refractivity contribution in [1.29, 1.82) is 0 Å². The minimum Gasteiger partial charge on any atom is -0.237 e. The molecule has 1 aromatic carbocycles. The molecule has 0 spiro atoms. The number of rotatable bonds is 0. The van der Waals surface area contributed by atoms with Crippen LogP contribution in [0.5, 0.6) is 0 Å². The summed E-state index contributed by atoms with van der Waals surface area (Å²) in [6.07, 6.45) is -4.41. The van der Waals surface area contributed by atoms with Crippen LogP contribution in [0.1, 0.15) is 5.56 Å². The molecular formula is C8H3ClF3N. The van der Waals surface area contributed by atoms with Crippen molar-refractivity contribution in [2.24, 2.45) is 0 Å². The Balaban J connectivity index is 3.20. The highest BCUT2D eigenvalue weighted by Gasteiger charge is 2.30. The predicted octanol–water partition coefficient (Wildman–Crippen LogP) is 3.91. The molecule has 13 heavy (non-hydrogen) atoms. The van der Waals surface area contributed by atoms with Gasteiger partial charge in [-0.2, -0.15) is 13.2 Å². The van der Waals surface area contributed by atoms with Crippen LogP contribution < -0.4 is 0 Å². The highest BCUT2D eigenvalue weighted by molar-refractivity contribution is 6.33. The maximum absolute atomic E-state index is 12.1. The van der Waals surface area contributed by atoms with Gasteiger partial charge < -0.3 is 0 Å². The lowest BCUT2D eigenvalue weighted by atomic mass is 10.2. The number of benzene rings is 1. The van der Waals surface area contributed by atoms with Crippen LogP contribution in [0.2, 0.25) is 5.02 Å². The van der Waals surface area contributed by atoms with E-state index in [0.29, 0.717) is 0 Å². The molecule has 1 nitrogen and oxygen atoms in total. The Hall–Kier alpha value is -1.21. The van der Waals surface area contributed by atoms with E-state index >= 15 is 0 Å². The summed E-state index contributed by atoms with van der Waals surface area (Å²) in [7, 11) is 0. The summed E-state index contributed by atoms with van der Waals surface area (Å²) in [5.74, 6) is 0. The Kier molecular flexibility index (Phi) is 2.48. The molecule has 0 radical (unpaired) electrons. The van der Waals surface area contributed by atoms with E-state index in [2.05, 4.69) is 4.85 Å². The molecular weight excluding hydrogens is 203 g/mol. The highest BCUT2D eigenvalue weighted by Crippen LogP contribution is 2.34. The van der Waals surface area contributed by atoms with Crippen LogP contribution in [0.15, 0.2) is 18.2 Å². The summed E-state index contributed by atoms with van der Waals surface area (Å²) in [6, 6.07) is 2.63. The zero-order valence-electron chi connectivity index (χ0n) is 6.19.